The van der Waals surface area contributed by atoms with Crippen LogP contribution in [-0.2, 0) is 4.79 Å². The molecule has 0 spiro atoms. The van der Waals surface area contributed by atoms with E-state index in [9.17, 15) is 14.7 Å². The van der Waals surface area contributed by atoms with Gasteiger partial charge in [0.05, 0.1) is 0 Å². The molecule has 3 rings (SSSR count). The highest BCUT2D eigenvalue weighted by Gasteiger charge is 2.31. The quantitative estimate of drug-likeness (QED) is 0.599. The Morgan fingerprint density at radius 3 is 2.67 bits per heavy atom. The van der Waals surface area contributed by atoms with Gasteiger partial charge in [-0.3, -0.25) is 10.1 Å². The van der Waals surface area contributed by atoms with Crippen molar-refractivity contribution < 1.29 is 24.2 Å². The number of hydrogen-bond acceptors (Lipinski definition) is 5. The average molecular weight is 413 g/mol. The van der Waals surface area contributed by atoms with Crippen molar-refractivity contribution in [2.24, 2.45) is 5.92 Å². The Bertz CT molecular complexity index is 975. The molecular weight excluding hydrogens is 386 g/mol. The standard InChI is InChI=1S/C22H27N3O5/c1-12(2)10-22(5,25-21(27)28)30-15-6-7-16-17-9-20(24-14(4)26)23-11-18(17)13(3)29-19(16)8-15/h6-9,11-13,25H,10H2,1-5H3,(H,27,28)(H,23,24,26)/t13?,22-/m0/s1. The molecule has 2 atom stereocenters. The van der Waals surface area contributed by atoms with Gasteiger partial charge in [0.1, 0.15) is 23.4 Å². The van der Waals surface area contributed by atoms with Crippen molar-refractivity contribution in [1.82, 2.24) is 10.3 Å². The monoisotopic (exact) mass is 413 g/mol. The van der Waals surface area contributed by atoms with E-state index in [1.165, 1.54) is 6.92 Å². The third-order valence-electron chi connectivity index (χ3n) is 4.74. The zero-order valence-corrected chi connectivity index (χ0v) is 17.8. The summed E-state index contributed by atoms with van der Waals surface area (Å²) in [6, 6.07) is 7.23. The number of pyridine rings is 1. The summed E-state index contributed by atoms with van der Waals surface area (Å²) in [5.41, 5.74) is 1.61. The van der Waals surface area contributed by atoms with Crippen LogP contribution in [0.2, 0.25) is 0 Å². The number of carbonyl (C=O) groups is 2. The molecule has 2 amide bonds. The van der Waals surface area contributed by atoms with Gasteiger partial charge in [0.25, 0.3) is 0 Å². The maximum atomic E-state index is 11.4. The second-order valence-electron chi connectivity index (χ2n) is 8.12. The minimum Gasteiger partial charge on any atom is -0.485 e. The molecule has 0 saturated heterocycles. The second-order valence-corrected chi connectivity index (χ2v) is 8.12. The van der Waals surface area contributed by atoms with Gasteiger partial charge in [-0.15, -0.1) is 0 Å². The molecule has 160 valence electrons. The Balaban J connectivity index is 1.95. The molecule has 2 aromatic rings. The smallest absolute Gasteiger partial charge is 0.407 e. The summed E-state index contributed by atoms with van der Waals surface area (Å²) in [4.78, 5) is 26.9. The maximum Gasteiger partial charge on any atom is 0.407 e. The number of fused-ring (bicyclic) bond motifs is 3. The van der Waals surface area contributed by atoms with Gasteiger partial charge in [0, 0.05) is 36.7 Å². The third kappa shape index (κ3) is 4.82. The summed E-state index contributed by atoms with van der Waals surface area (Å²) < 4.78 is 12.1. The van der Waals surface area contributed by atoms with E-state index in [-0.39, 0.29) is 17.9 Å². The normalized spacial score (nSPS) is 16.5. The average Bonchev–Trinajstić information content (AvgIpc) is 2.59. The summed E-state index contributed by atoms with van der Waals surface area (Å²) in [6.45, 7) is 9.07. The van der Waals surface area contributed by atoms with E-state index >= 15 is 0 Å². The molecule has 0 bridgehead atoms. The van der Waals surface area contributed by atoms with E-state index in [2.05, 4.69) is 15.6 Å². The Kier molecular flexibility index (Phi) is 5.87. The highest BCUT2D eigenvalue weighted by Crippen LogP contribution is 2.44. The predicted octanol–water partition coefficient (Wildman–Crippen LogP) is 4.57. The molecule has 0 radical (unpaired) electrons. The second kappa shape index (κ2) is 8.22. The summed E-state index contributed by atoms with van der Waals surface area (Å²) in [5, 5.41) is 14.4. The predicted molar refractivity (Wildman–Crippen MR) is 113 cm³/mol. The van der Waals surface area contributed by atoms with E-state index in [0.29, 0.717) is 23.7 Å². The van der Waals surface area contributed by atoms with Crippen molar-refractivity contribution in [3.05, 3.63) is 36.0 Å². The van der Waals surface area contributed by atoms with Crippen LogP contribution in [0.3, 0.4) is 0 Å². The summed E-state index contributed by atoms with van der Waals surface area (Å²) in [7, 11) is 0. The van der Waals surface area contributed by atoms with Crippen LogP contribution < -0.4 is 20.1 Å². The summed E-state index contributed by atoms with van der Waals surface area (Å²) in [6.07, 6.45) is 0.825. The van der Waals surface area contributed by atoms with Crippen molar-refractivity contribution in [1.29, 1.82) is 0 Å². The number of nitrogens with one attached hydrogen (secondary N) is 2. The van der Waals surface area contributed by atoms with Crippen LogP contribution in [0.4, 0.5) is 10.6 Å². The molecule has 1 aliphatic heterocycles. The molecule has 1 aromatic carbocycles. The van der Waals surface area contributed by atoms with Crippen LogP contribution in [0.5, 0.6) is 11.5 Å². The minimum atomic E-state index is -1.15. The number of amides is 2. The van der Waals surface area contributed by atoms with Crippen molar-refractivity contribution in [2.45, 2.75) is 52.9 Å². The van der Waals surface area contributed by atoms with E-state index in [1.807, 2.05) is 32.9 Å². The van der Waals surface area contributed by atoms with E-state index in [4.69, 9.17) is 9.47 Å². The summed E-state index contributed by atoms with van der Waals surface area (Å²) in [5.74, 6) is 1.62. The number of hydrogen-bond donors (Lipinski definition) is 3. The van der Waals surface area contributed by atoms with Crippen LogP contribution >= 0.6 is 0 Å². The number of aromatic nitrogens is 1. The van der Waals surface area contributed by atoms with E-state index < -0.39 is 11.8 Å². The molecule has 8 nitrogen and oxygen atoms in total. The molecule has 0 saturated carbocycles. The molecule has 3 N–H and O–H groups in total. The van der Waals surface area contributed by atoms with Crippen molar-refractivity contribution >= 4 is 17.8 Å². The van der Waals surface area contributed by atoms with Crippen LogP contribution in [0, 0.1) is 5.92 Å². The number of ether oxygens (including phenoxy) is 2. The number of anilines is 1. The lowest BCUT2D eigenvalue weighted by Gasteiger charge is -2.33. The van der Waals surface area contributed by atoms with Crippen LogP contribution in [0.1, 0.15) is 52.7 Å². The number of benzene rings is 1. The highest BCUT2D eigenvalue weighted by molar-refractivity contribution is 5.89. The third-order valence-corrected chi connectivity index (χ3v) is 4.74. The molecule has 1 aromatic heterocycles. The number of carbonyl (C=O) groups excluding carboxylic acids is 1. The van der Waals surface area contributed by atoms with Gasteiger partial charge in [0.15, 0.2) is 5.72 Å². The van der Waals surface area contributed by atoms with Crippen molar-refractivity contribution in [3.63, 3.8) is 0 Å². The van der Waals surface area contributed by atoms with Crippen molar-refractivity contribution in [2.75, 3.05) is 5.32 Å². The van der Waals surface area contributed by atoms with Crippen LogP contribution in [0.25, 0.3) is 11.1 Å². The number of carboxylic acid groups (broad SMARTS) is 1. The minimum absolute atomic E-state index is 0.193. The van der Waals surface area contributed by atoms with Gasteiger partial charge in [-0.2, -0.15) is 0 Å². The molecule has 1 aliphatic rings. The fourth-order valence-electron chi connectivity index (χ4n) is 3.80. The lowest BCUT2D eigenvalue weighted by atomic mass is 9.94. The molecule has 1 unspecified atom stereocenters. The van der Waals surface area contributed by atoms with E-state index in [1.54, 1.807) is 25.3 Å². The molecule has 0 fully saturated rings. The van der Waals surface area contributed by atoms with Gasteiger partial charge in [-0.1, -0.05) is 13.8 Å². The SMILES string of the molecule is CC(=O)Nc1cc2c(cn1)C(C)Oc1cc(O[C@@](C)(CC(C)C)NC(=O)O)ccc1-2. The molecule has 0 aliphatic carbocycles. The molecule has 30 heavy (non-hydrogen) atoms. The van der Waals surface area contributed by atoms with Gasteiger partial charge in [-0.25, -0.2) is 9.78 Å². The van der Waals surface area contributed by atoms with Gasteiger partial charge >= 0.3 is 6.09 Å². The number of rotatable bonds is 6. The first kappa shape index (κ1) is 21.4. The Morgan fingerprint density at radius 1 is 1.30 bits per heavy atom. The van der Waals surface area contributed by atoms with Crippen LogP contribution in [0.15, 0.2) is 30.5 Å². The zero-order valence-electron chi connectivity index (χ0n) is 17.8. The lowest BCUT2D eigenvalue weighted by Crippen LogP contribution is -2.51. The van der Waals surface area contributed by atoms with Gasteiger partial charge in [0.2, 0.25) is 5.91 Å². The Morgan fingerprint density at radius 2 is 2.03 bits per heavy atom. The topological polar surface area (TPSA) is 110 Å². The first-order chi connectivity index (χ1) is 14.1. The molecule has 8 heteroatoms. The van der Waals surface area contributed by atoms with Crippen LogP contribution in [-0.4, -0.2) is 27.8 Å². The highest BCUT2D eigenvalue weighted by atomic mass is 16.5. The van der Waals surface area contributed by atoms with E-state index in [0.717, 1.165) is 16.7 Å². The fraction of sp³-hybridized carbons (Fsp3) is 0.409. The number of nitrogens with zero attached hydrogens (tertiary/aromatic N) is 1. The van der Waals surface area contributed by atoms with Gasteiger partial charge in [-0.05, 0) is 43.5 Å². The summed E-state index contributed by atoms with van der Waals surface area (Å²) >= 11 is 0. The largest absolute Gasteiger partial charge is 0.485 e. The first-order valence-electron chi connectivity index (χ1n) is 9.85. The Labute approximate surface area is 175 Å². The van der Waals surface area contributed by atoms with Gasteiger partial charge < -0.3 is 19.9 Å². The first-order valence-corrected chi connectivity index (χ1v) is 9.85. The Hall–Kier alpha value is -3.29. The van der Waals surface area contributed by atoms with Crippen molar-refractivity contribution in [3.8, 4) is 22.6 Å². The molecule has 2 heterocycles. The zero-order chi connectivity index (χ0) is 22.1. The molecular formula is C22H27N3O5. The maximum absolute atomic E-state index is 11.4. The lowest BCUT2D eigenvalue weighted by molar-refractivity contribution is -0.114. The fourth-order valence-corrected chi connectivity index (χ4v) is 3.80.